The first-order chi connectivity index (χ1) is 13.3. The van der Waals surface area contributed by atoms with Gasteiger partial charge in [-0.25, -0.2) is 4.79 Å². The minimum atomic E-state index is -0.527. The lowest BCUT2D eigenvalue weighted by atomic mass is 9.97. The number of piperidine rings is 1. The van der Waals surface area contributed by atoms with Crippen LogP contribution in [0.3, 0.4) is 0 Å². The molecular formula is C21H27N3O4. The maximum absolute atomic E-state index is 13.0. The zero-order chi connectivity index (χ0) is 20.1. The predicted octanol–water partition coefficient (Wildman–Crippen LogP) is 3.97. The van der Waals surface area contributed by atoms with Gasteiger partial charge in [0.05, 0.1) is 18.1 Å². The first-order valence-corrected chi connectivity index (χ1v) is 9.57. The van der Waals surface area contributed by atoms with Crippen LogP contribution >= 0.6 is 0 Å². The molecule has 7 nitrogen and oxygen atoms in total. The fraction of sp³-hybridized carbons (Fsp3) is 0.476. The quantitative estimate of drug-likeness (QED) is 0.796. The van der Waals surface area contributed by atoms with Crippen LogP contribution in [0.1, 0.15) is 44.2 Å². The van der Waals surface area contributed by atoms with Gasteiger partial charge in [-0.3, -0.25) is 9.78 Å². The van der Waals surface area contributed by atoms with Crippen molar-refractivity contribution in [1.82, 2.24) is 9.88 Å². The Morgan fingerprint density at radius 3 is 2.79 bits per heavy atom. The number of aromatic nitrogens is 1. The van der Waals surface area contributed by atoms with E-state index in [2.05, 4.69) is 4.98 Å². The van der Waals surface area contributed by atoms with E-state index in [1.165, 1.54) is 6.26 Å². The third kappa shape index (κ3) is 5.12. The first kappa shape index (κ1) is 19.9. The Bertz CT molecular complexity index is 784. The van der Waals surface area contributed by atoms with E-state index in [0.29, 0.717) is 25.3 Å². The van der Waals surface area contributed by atoms with Crippen LogP contribution in [0.4, 0.5) is 10.5 Å². The van der Waals surface area contributed by atoms with Gasteiger partial charge in [0.25, 0.3) is 5.91 Å². The van der Waals surface area contributed by atoms with Gasteiger partial charge in [-0.05, 0) is 63.8 Å². The second-order valence-corrected chi connectivity index (χ2v) is 8.04. The Labute approximate surface area is 165 Å². The Morgan fingerprint density at radius 2 is 2.14 bits per heavy atom. The highest BCUT2D eigenvalue weighted by molar-refractivity contribution is 6.04. The lowest BCUT2D eigenvalue weighted by Crippen LogP contribution is -2.46. The van der Waals surface area contributed by atoms with E-state index in [1.54, 1.807) is 40.4 Å². The highest BCUT2D eigenvalue weighted by Crippen LogP contribution is 2.24. The lowest BCUT2D eigenvalue weighted by Gasteiger charge is -2.36. The number of likely N-dealkylation sites (tertiary alicyclic amines) is 1. The molecule has 0 aliphatic carbocycles. The van der Waals surface area contributed by atoms with Gasteiger partial charge in [-0.1, -0.05) is 0 Å². The van der Waals surface area contributed by atoms with Crippen LogP contribution in [-0.2, 0) is 4.74 Å². The molecule has 7 heteroatoms. The van der Waals surface area contributed by atoms with Gasteiger partial charge in [0.15, 0.2) is 5.76 Å². The molecule has 0 saturated carbocycles. The number of ether oxygens (including phenoxy) is 1. The minimum Gasteiger partial charge on any atom is -0.459 e. The summed E-state index contributed by atoms with van der Waals surface area (Å²) < 4.78 is 10.8. The van der Waals surface area contributed by atoms with Crippen molar-refractivity contribution in [3.8, 4) is 0 Å². The number of carbonyl (C=O) groups excluding carboxylic acids is 2. The summed E-state index contributed by atoms with van der Waals surface area (Å²) in [4.78, 5) is 33.0. The number of carbonyl (C=O) groups is 2. The number of rotatable bonds is 4. The van der Waals surface area contributed by atoms with Crippen molar-refractivity contribution in [2.24, 2.45) is 5.92 Å². The van der Waals surface area contributed by atoms with Crippen molar-refractivity contribution in [1.29, 1.82) is 0 Å². The number of anilines is 1. The van der Waals surface area contributed by atoms with Crippen LogP contribution in [0.15, 0.2) is 47.3 Å². The summed E-state index contributed by atoms with van der Waals surface area (Å²) in [6, 6.07) is 6.99. The van der Waals surface area contributed by atoms with Gasteiger partial charge >= 0.3 is 6.09 Å². The van der Waals surface area contributed by atoms with Crippen LogP contribution in [-0.4, -0.2) is 47.1 Å². The Kier molecular flexibility index (Phi) is 6.02. The van der Waals surface area contributed by atoms with Crippen LogP contribution in [0.5, 0.6) is 0 Å². The zero-order valence-corrected chi connectivity index (χ0v) is 16.6. The highest BCUT2D eigenvalue weighted by Gasteiger charge is 2.30. The molecule has 0 N–H and O–H groups in total. The molecule has 28 heavy (non-hydrogen) atoms. The van der Waals surface area contributed by atoms with Gasteiger partial charge in [-0.15, -0.1) is 0 Å². The van der Waals surface area contributed by atoms with Crippen LogP contribution < -0.4 is 4.90 Å². The summed E-state index contributed by atoms with van der Waals surface area (Å²) in [6.07, 6.45) is 6.32. The number of nitrogens with zero attached hydrogens (tertiary/aromatic N) is 3. The number of amides is 2. The highest BCUT2D eigenvalue weighted by atomic mass is 16.6. The normalized spacial score (nSPS) is 17.2. The van der Waals surface area contributed by atoms with E-state index in [-0.39, 0.29) is 23.7 Å². The van der Waals surface area contributed by atoms with Crippen LogP contribution in [0, 0.1) is 5.92 Å². The summed E-state index contributed by atoms with van der Waals surface area (Å²) in [7, 11) is 0. The predicted molar refractivity (Wildman–Crippen MR) is 105 cm³/mol. The first-order valence-electron chi connectivity index (χ1n) is 9.57. The molecular weight excluding hydrogens is 358 g/mol. The summed E-state index contributed by atoms with van der Waals surface area (Å²) >= 11 is 0. The lowest BCUT2D eigenvalue weighted by molar-refractivity contribution is 0.0170. The van der Waals surface area contributed by atoms with Gasteiger partial charge in [0.2, 0.25) is 0 Å². The second-order valence-electron chi connectivity index (χ2n) is 8.04. The average molecular weight is 385 g/mol. The van der Waals surface area contributed by atoms with E-state index in [4.69, 9.17) is 9.15 Å². The third-order valence-corrected chi connectivity index (χ3v) is 4.55. The summed E-state index contributed by atoms with van der Waals surface area (Å²) in [5, 5.41) is 0. The molecule has 0 spiro atoms. The van der Waals surface area contributed by atoms with E-state index in [9.17, 15) is 9.59 Å². The molecule has 1 aliphatic heterocycles. The van der Waals surface area contributed by atoms with E-state index in [0.717, 1.165) is 12.8 Å². The molecule has 1 fully saturated rings. The summed E-state index contributed by atoms with van der Waals surface area (Å²) in [6.45, 7) is 7.28. The van der Waals surface area contributed by atoms with Gasteiger partial charge in [0, 0.05) is 25.8 Å². The van der Waals surface area contributed by atoms with Crippen molar-refractivity contribution in [3.05, 3.63) is 48.7 Å². The summed E-state index contributed by atoms with van der Waals surface area (Å²) in [5.41, 5.74) is 0.180. The second kappa shape index (κ2) is 8.46. The van der Waals surface area contributed by atoms with Gasteiger partial charge in [0.1, 0.15) is 5.60 Å². The molecule has 1 atom stereocenters. The molecule has 2 amide bonds. The van der Waals surface area contributed by atoms with Gasteiger partial charge < -0.3 is 19.0 Å². The van der Waals surface area contributed by atoms with Crippen molar-refractivity contribution >= 4 is 17.7 Å². The van der Waals surface area contributed by atoms with Crippen molar-refractivity contribution in [2.45, 2.75) is 39.2 Å². The standard InChI is InChI=1S/C21H27N3O4/c1-21(2,3)28-20(26)23-11-5-7-16(14-23)15-24(17-8-4-10-22-13-17)19(25)18-9-6-12-27-18/h4,6,8-10,12-13,16H,5,7,11,14-15H2,1-3H3/t16-/m0/s1. The molecule has 3 rings (SSSR count). The smallest absolute Gasteiger partial charge is 0.410 e. The fourth-order valence-corrected chi connectivity index (χ4v) is 3.32. The number of pyridine rings is 1. The van der Waals surface area contributed by atoms with Crippen molar-refractivity contribution < 1.29 is 18.7 Å². The van der Waals surface area contributed by atoms with Crippen molar-refractivity contribution in [3.63, 3.8) is 0 Å². The zero-order valence-electron chi connectivity index (χ0n) is 16.6. The fourth-order valence-electron chi connectivity index (χ4n) is 3.32. The topological polar surface area (TPSA) is 75.9 Å². The molecule has 0 unspecified atom stereocenters. The number of hydrogen-bond acceptors (Lipinski definition) is 5. The maximum atomic E-state index is 13.0. The maximum Gasteiger partial charge on any atom is 0.410 e. The van der Waals surface area contributed by atoms with Crippen LogP contribution in [0.25, 0.3) is 0 Å². The van der Waals surface area contributed by atoms with E-state index in [1.807, 2.05) is 26.8 Å². The molecule has 1 aliphatic rings. The number of furan rings is 1. The molecule has 0 bridgehead atoms. The molecule has 3 heterocycles. The summed E-state index contributed by atoms with van der Waals surface area (Å²) in [5.74, 6) is 0.205. The number of hydrogen-bond donors (Lipinski definition) is 0. The molecule has 2 aromatic heterocycles. The molecule has 1 saturated heterocycles. The average Bonchev–Trinajstić information content (AvgIpc) is 3.20. The van der Waals surface area contributed by atoms with Crippen LogP contribution in [0.2, 0.25) is 0 Å². The Hall–Kier alpha value is -2.83. The van der Waals surface area contributed by atoms with E-state index >= 15 is 0 Å². The Balaban J connectivity index is 1.73. The monoisotopic (exact) mass is 385 g/mol. The Morgan fingerprint density at radius 1 is 1.32 bits per heavy atom. The molecule has 0 aromatic carbocycles. The van der Waals surface area contributed by atoms with E-state index < -0.39 is 5.60 Å². The minimum absolute atomic E-state index is 0.139. The molecule has 0 radical (unpaired) electrons. The van der Waals surface area contributed by atoms with Gasteiger partial charge in [-0.2, -0.15) is 0 Å². The largest absolute Gasteiger partial charge is 0.459 e. The molecule has 2 aromatic rings. The molecule has 150 valence electrons. The third-order valence-electron chi connectivity index (χ3n) is 4.55. The van der Waals surface area contributed by atoms with Crippen molar-refractivity contribution in [2.75, 3.05) is 24.5 Å². The SMILES string of the molecule is CC(C)(C)OC(=O)N1CCC[C@H](CN(C(=O)c2ccco2)c2cccnc2)C1.